The largest absolute Gasteiger partial charge is 0.507 e. The fraction of sp³-hybridized carbons (Fsp3) is 0.444. The molecule has 37 heavy (non-hydrogen) atoms. The van der Waals surface area contributed by atoms with Gasteiger partial charge in [-0.05, 0) is 26.3 Å². The van der Waals surface area contributed by atoms with E-state index in [2.05, 4.69) is 0 Å². The van der Waals surface area contributed by atoms with Crippen LogP contribution >= 0.6 is 0 Å². The topological polar surface area (TPSA) is 166 Å². The van der Waals surface area contributed by atoms with Gasteiger partial charge in [0.05, 0.1) is 36.0 Å². The van der Waals surface area contributed by atoms with Crippen LogP contribution in [0.15, 0.2) is 18.2 Å². The van der Waals surface area contributed by atoms with Crippen molar-refractivity contribution in [3.8, 4) is 17.2 Å². The van der Waals surface area contributed by atoms with Crippen molar-refractivity contribution in [3.63, 3.8) is 0 Å². The maximum Gasteiger partial charge on any atom is 0.202 e. The minimum absolute atomic E-state index is 0.00974. The minimum Gasteiger partial charge on any atom is -0.507 e. The van der Waals surface area contributed by atoms with E-state index in [1.165, 1.54) is 32.2 Å². The highest BCUT2D eigenvalue weighted by Gasteiger charge is 2.49. The third-order valence-corrected chi connectivity index (χ3v) is 7.56. The molecule has 0 bridgehead atoms. The maximum absolute atomic E-state index is 13.6. The Morgan fingerprint density at radius 1 is 1.11 bits per heavy atom. The van der Waals surface area contributed by atoms with E-state index in [1.807, 2.05) is 6.92 Å². The van der Waals surface area contributed by atoms with Crippen molar-refractivity contribution in [2.24, 2.45) is 5.73 Å². The molecule has 196 valence electrons. The van der Waals surface area contributed by atoms with Crippen molar-refractivity contribution in [2.75, 3.05) is 7.11 Å². The quantitative estimate of drug-likeness (QED) is 0.381. The van der Waals surface area contributed by atoms with E-state index < -0.39 is 52.4 Å². The Labute approximate surface area is 212 Å². The number of phenols is 2. The van der Waals surface area contributed by atoms with E-state index >= 15 is 0 Å². The summed E-state index contributed by atoms with van der Waals surface area (Å²) in [7, 11) is 1.36. The molecule has 0 amide bonds. The number of benzene rings is 2. The highest BCUT2D eigenvalue weighted by molar-refractivity contribution is 6.31. The summed E-state index contributed by atoms with van der Waals surface area (Å²) >= 11 is 0. The second-order valence-corrected chi connectivity index (χ2v) is 10.1. The molecule has 0 saturated carbocycles. The van der Waals surface area contributed by atoms with Gasteiger partial charge in [0.25, 0.3) is 0 Å². The van der Waals surface area contributed by atoms with E-state index in [0.717, 1.165) is 0 Å². The molecule has 1 heterocycles. The van der Waals surface area contributed by atoms with Gasteiger partial charge in [0.15, 0.2) is 17.9 Å². The molecule has 3 aliphatic rings. The van der Waals surface area contributed by atoms with Gasteiger partial charge >= 0.3 is 0 Å². The number of Topliss-reactive ketones (excluding diaryl/α,β-unsaturated/α-hetero) is 1. The summed E-state index contributed by atoms with van der Waals surface area (Å²) in [6.45, 7) is 3.05. The molecular weight excluding hydrogens is 482 g/mol. The second-order valence-electron chi connectivity index (χ2n) is 10.1. The van der Waals surface area contributed by atoms with Gasteiger partial charge in [0, 0.05) is 42.0 Å². The fourth-order valence-electron chi connectivity index (χ4n) is 5.71. The zero-order valence-electron chi connectivity index (χ0n) is 20.7. The highest BCUT2D eigenvalue weighted by Crippen LogP contribution is 2.52. The van der Waals surface area contributed by atoms with Crippen LogP contribution in [0.1, 0.15) is 82.2 Å². The Hall–Kier alpha value is -3.31. The van der Waals surface area contributed by atoms with Crippen molar-refractivity contribution in [1.29, 1.82) is 0 Å². The Morgan fingerprint density at radius 3 is 2.46 bits per heavy atom. The lowest BCUT2D eigenvalue weighted by atomic mass is 9.72. The number of aromatic hydroxyl groups is 2. The Balaban J connectivity index is 1.70. The molecule has 1 aliphatic heterocycles. The van der Waals surface area contributed by atoms with Crippen LogP contribution < -0.4 is 10.5 Å². The van der Waals surface area contributed by atoms with Gasteiger partial charge in [-0.3, -0.25) is 14.4 Å². The van der Waals surface area contributed by atoms with Crippen LogP contribution in [0.25, 0.3) is 0 Å². The van der Waals surface area contributed by atoms with E-state index in [-0.39, 0.29) is 58.6 Å². The second kappa shape index (κ2) is 8.91. The first-order valence-electron chi connectivity index (χ1n) is 12.1. The summed E-state index contributed by atoms with van der Waals surface area (Å²) in [5.41, 5.74) is 3.38. The highest BCUT2D eigenvalue weighted by atomic mass is 16.7. The van der Waals surface area contributed by atoms with Crippen LogP contribution in [0, 0.1) is 0 Å². The number of phenolic OH excluding ortho intramolecular Hbond substituents is 2. The molecule has 0 unspecified atom stereocenters. The van der Waals surface area contributed by atoms with Crippen LogP contribution in [-0.2, 0) is 20.7 Å². The predicted molar refractivity (Wildman–Crippen MR) is 129 cm³/mol. The number of fused-ring (bicyclic) bond motifs is 3. The first-order valence-corrected chi connectivity index (χ1v) is 12.1. The van der Waals surface area contributed by atoms with Gasteiger partial charge < -0.3 is 35.3 Å². The maximum atomic E-state index is 13.6. The number of aliphatic hydroxyl groups is 1. The molecule has 5 atom stereocenters. The summed E-state index contributed by atoms with van der Waals surface area (Å²) in [4.78, 5) is 39.6. The average molecular weight is 512 g/mol. The average Bonchev–Trinajstić information content (AvgIpc) is 2.83. The predicted octanol–water partition coefficient (Wildman–Crippen LogP) is 2.06. The van der Waals surface area contributed by atoms with Gasteiger partial charge in [0.2, 0.25) is 5.78 Å². The number of carbonyl (C=O) groups excluding carboxylic acids is 3. The van der Waals surface area contributed by atoms with Gasteiger partial charge in [-0.15, -0.1) is 0 Å². The third-order valence-electron chi connectivity index (χ3n) is 7.56. The van der Waals surface area contributed by atoms with Gasteiger partial charge in [-0.25, -0.2) is 0 Å². The first kappa shape index (κ1) is 25.3. The molecule has 1 saturated heterocycles. The number of ketones is 3. The number of ether oxygens (including phenoxy) is 3. The lowest BCUT2D eigenvalue weighted by Gasteiger charge is -2.41. The van der Waals surface area contributed by atoms with Crippen molar-refractivity contribution in [2.45, 2.75) is 69.7 Å². The number of nitrogens with two attached hydrogens (primary N) is 1. The monoisotopic (exact) mass is 511 g/mol. The molecule has 2 aliphatic carbocycles. The smallest absolute Gasteiger partial charge is 0.202 e. The molecule has 0 radical (unpaired) electrons. The molecule has 1 fully saturated rings. The molecule has 0 spiro atoms. The van der Waals surface area contributed by atoms with Crippen molar-refractivity contribution < 1.29 is 43.9 Å². The summed E-state index contributed by atoms with van der Waals surface area (Å²) < 4.78 is 17.3. The van der Waals surface area contributed by atoms with E-state index in [4.69, 9.17) is 19.9 Å². The Kier molecular flexibility index (Phi) is 6.11. The first-order chi connectivity index (χ1) is 17.5. The van der Waals surface area contributed by atoms with Crippen LogP contribution in [-0.4, -0.2) is 63.8 Å². The summed E-state index contributed by atoms with van der Waals surface area (Å²) in [6.07, 6.45) is -1.85. The van der Waals surface area contributed by atoms with E-state index in [1.54, 1.807) is 0 Å². The number of hydrogen-bond acceptors (Lipinski definition) is 10. The van der Waals surface area contributed by atoms with Crippen molar-refractivity contribution in [3.05, 3.63) is 51.6 Å². The Morgan fingerprint density at radius 2 is 1.81 bits per heavy atom. The molecule has 5 rings (SSSR count). The number of rotatable bonds is 4. The molecular formula is C27H29NO9. The van der Waals surface area contributed by atoms with Gasteiger partial charge in [-0.1, -0.05) is 12.1 Å². The van der Waals surface area contributed by atoms with Gasteiger partial charge in [-0.2, -0.15) is 0 Å². The summed E-state index contributed by atoms with van der Waals surface area (Å²) in [5.74, 6) is -2.96. The van der Waals surface area contributed by atoms with Crippen LogP contribution in [0.5, 0.6) is 17.2 Å². The lowest BCUT2D eigenvalue weighted by Crippen LogP contribution is -2.46. The standard InChI is InChI=1S/C27H29NO9/c1-11-7-13(28)8-18(36-11)37-17-10-27(34,12(2)29)9-15-20(17)26(33)22-21(24(15)31)23(30)14-5-4-6-16(35-3)19(14)25(22)32/h4-6,11,13,17-18,31,33-34H,7-10,28H2,1-3H3/t11-,13+,17-,18-,27-/m0/s1. The Bertz CT molecular complexity index is 1330. The zero-order chi connectivity index (χ0) is 26.8. The van der Waals surface area contributed by atoms with Crippen molar-refractivity contribution in [1.82, 2.24) is 0 Å². The molecule has 0 aromatic heterocycles. The number of hydrogen-bond donors (Lipinski definition) is 4. The van der Waals surface area contributed by atoms with Gasteiger partial charge in [0.1, 0.15) is 22.8 Å². The lowest BCUT2D eigenvalue weighted by molar-refractivity contribution is -0.225. The summed E-state index contributed by atoms with van der Waals surface area (Å²) in [6, 6.07) is 4.28. The van der Waals surface area contributed by atoms with Crippen LogP contribution in [0.3, 0.4) is 0 Å². The molecule has 2 aromatic rings. The third kappa shape index (κ3) is 3.91. The number of methoxy groups -OCH3 is 1. The summed E-state index contributed by atoms with van der Waals surface area (Å²) in [5, 5.41) is 34.0. The molecule has 10 nitrogen and oxygen atoms in total. The van der Waals surface area contributed by atoms with E-state index in [0.29, 0.717) is 12.8 Å². The fourth-order valence-corrected chi connectivity index (χ4v) is 5.71. The zero-order valence-corrected chi connectivity index (χ0v) is 20.7. The number of carbonyl (C=O) groups is 3. The SMILES string of the molecule is COc1cccc2c1C(=O)c1c(O)c3c(c(O)c1C2=O)C[C@@](O)(C(C)=O)C[C@@H]3O[C@H]1C[C@H](N)C[C@H](C)O1. The molecule has 2 aromatic carbocycles. The minimum atomic E-state index is -1.94. The van der Waals surface area contributed by atoms with Crippen LogP contribution in [0.2, 0.25) is 0 Å². The van der Waals surface area contributed by atoms with E-state index in [9.17, 15) is 29.7 Å². The normalized spacial score (nSPS) is 28.8. The molecule has 10 heteroatoms. The molecule has 5 N–H and O–H groups in total. The van der Waals surface area contributed by atoms with Crippen molar-refractivity contribution >= 4 is 17.3 Å². The van der Waals surface area contributed by atoms with Crippen LogP contribution in [0.4, 0.5) is 0 Å².